The average Bonchev–Trinajstić information content (AvgIpc) is 2.28. The van der Waals surface area contributed by atoms with E-state index in [0.717, 1.165) is 22.1 Å². The summed E-state index contributed by atoms with van der Waals surface area (Å²) in [5.74, 6) is 0.103. The lowest BCUT2D eigenvalue weighted by Crippen LogP contribution is -2.27. The maximum atomic E-state index is 11.8. The van der Waals surface area contributed by atoms with Crippen molar-refractivity contribution in [2.24, 2.45) is 5.73 Å². The van der Waals surface area contributed by atoms with Crippen LogP contribution in [-0.2, 0) is 4.79 Å². The van der Waals surface area contributed by atoms with Crippen LogP contribution in [0.5, 0.6) is 0 Å². The standard InChI is InChI=1S/C12H17BrN2O/c1-9-5-6-10(13)8-11(9)15(2)12(16)4-3-7-14/h5-6,8H,3-4,7,14H2,1-2H3. The molecular weight excluding hydrogens is 268 g/mol. The van der Waals surface area contributed by atoms with Gasteiger partial charge in [-0.25, -0.2) is 0 Å². The third-order valence-electron chi connectivity index (χ3n) is 2.50. The lowest BCUT2D eigenvalue weighted by atomic mass is 10.1. The van der Waals surface area contributed by atoms with Gasteiger partial charge in [0.15, 0.2) is 0 Å². The molecule has 16 heavy (non-hydrogen) atoms. The van der Waals surface area contributed by atoms with E-state index >= 15 is 0 Å². The fraction of sp³-hybridized carbons (Fsp3) is 0.417. The van der Waals surface area contributed by atoms with Crippen LogP contribution in [0.2, 0.25) is 0 Å². The number of hydrogen-bond acceptors (Lipinski definition) is 2. The Bertz CT molecular complexity index is 379. The summed E-state index contributed by atoms with van der Waals surface area (Å²) in [5.41, 5.74) is 7.42. The molecule has 0 bridgehead atoms. The molecule has 0 radical (unpaired) electrons. The Morgan fingerprint density at radius 2 is 2.19 bits per heavy atom. The van der Waals surface area contributed by atoms with Gasteiger partial charge in [-0.05, 0) is 37.6 Å². The van der Waals surface area contributed by atoms with Gasteiger partial charge in [-0.3, -0.25) is 4.79 Å². The SMILES string of the molecule is Cc1ccc(Br)cc1N(C)C(=O)CCCN. The molecule has 0 unspecified atom stereocenters. The van der Waals surface area contributed by atoms with Gasteiger partial charge >= 0.3 is 0 Å². The minimum atomic E-state index is 0.103. The summed E-state index contributed by atoms with van der Waals surface area (Å²) in [5, 5.41) is 0. The van der Waals surface area contributed by atoms with Crippen molar-refractivity contribution in [3.05, 3.63) is 28.2 Å². The van der Waals surface area contributed by atoms with E-state index in [1.807, 2.05) is 25.1 Å². The van der Waals surface area contributed by atoms with E-state index in [1.165, 1.54) is 0 Å². The number of anilines is 1. The van der Waals surface area contributed by atoms with Gasteiger partial charge in [0.2, 0.25) is 5.91 Å². The highest BCUT2D eigenvalue weighted by Gasteiger charge is 2.12. The third kappa shape index (κ3) is 3.32. The smallest absolute Gasteiger partial charge is 0.226 e. The molecule has 1 rings (SSSR count). The molecule has 88 valence electrons. The Balaban J connectivity index is 2.82. The van der Waals surface area contributed by atoms with Crippen LogP contribution in [0.3, 0.4) is 0 Å². The molecule has 0 aliphatic rings. The van der Waals surface area contributed by atoms with Crippen molar-refractivity contribution in [2.45, 2.75) is 19.8 Å². The number of nitrogens with zero attached hydrogens (tertiary/aromatic N) is 1. The van der Waals surface area contributed by atoms with Crippen LogP contribution in [0.25, 0.3) is 0 Å². The highest BCUT2D eigenvalue weighted by atomic mass is 79.9. The first kappa shape index (κ1) is 13.2. The normalized spacial score (nSPS) is 10.2. The molecule has 0 saturated carbocycles. The van der Waals surface area contributed by atoms with Crippen molar-refractivity contribution < 1.29 is 4.79 Å². The molecule has 0 aliphatic heterocycles. The van der Waals surface area contributed by atoms with E-state index < -0.39 is 0 Å². The van der Waals surface area contributed by atoms with Crippen LogP contribution in [0.1, 0.15) is 18.4 Å². The zero-order chi connectivity index (χ0) is 12.1. The molecule has 0 aliphatic carbocycles. The van der Waals surface area contributed by atoms with E-state index in [0.29, 0.717) is 13.0 Å². The lowest BCUT2D eigenvalue weighted by molar-refractivity contribution is -0.118. The Hall–Kier alpha value is -0.870. The summed E-state index contributed by atoms with van der Waals surface area (Å²) < 4.78 is 0.978. The Morgan fingerprint density at radius 1 is 1.50 bits per heavy atom. The zero-order valence-electron chi connectivity index (χ0n) is 9.66. The van der Waals surface area contributed by atoms with Crippen LogP contribution in [0.4, 0.5) is 5.69 Å². The lowest BCUT2D eigenvalue weighted by Gasteiger charge is -2.19. The first-order chi connectivity index (χ1) is 7.56. The molecule has 0 fully saturated rings. The highest BCUT2D eigenvalue weighted by molar-refractivity contribution is 9.10. The molecule has 1 aromatic rings. The summed E-state index contributed by atoms with van der Waals surface area (Å²) >= 11 is 3.41. The van der Waals surface area contributed by atoms with Crippen molar-refractivity contribution in [3.8, 4) is 0 Å². The fourth-order valence-electron chi connectivity index (χ4n) is 1.50. The van der Waals surface area contributed by atoms with E-state index in [2.05, 4.69) is 15.9 Å². The summed E-state index contributed by atoms with van der Waals surface area (Å²) in [4.78, 5) is 13.5. The van der Waals surface area contributed by atoms with Gasteiger partial charge in [-0.2, -0.15) is 0 Å². The second-order valence-electron chi connectivity index (χ2n) is 3.78. The largest absolute Gasteiger partial charge is 0.330 e. The van der Waals surface area contributed by atoms with Crippen molar-refractivity contribution in [3.63, 3.8) is 0 Å². The molecule has 1 amide bonds. The van der Waals surface area contributed by atoms with E-state index in [4.69, 9.17) is 5.73 Å². The number of aryl methyl sites for hydroxylation is 1. The van der Waals surface area contributed by atoms with Gasteiger partial charge in [0.1, 0.15) is 0 Å². The zero-order valence-corrected chi connectivity index (χ0v) is 11.3. The van der Waals surface area contributed by atoms with Crippen LogP contribution < -0.4 is 10.6 Å². The summed E-state index contributed by atoms with van der Waals surface area (Å²) in [7, 11) is 1.80. The van der Waals surface area contributed by atoms with Gasteiger partial charge in [-0.15, -0.1) is 0 Å². The average molecular weight is 285 g/mol. The molecular formula is C12H17BrN2O. The van der Waals surface area contributed by atoms with Gasteiger partial charge in [0.05, 0.1) is 0 Å². The Morgan fingerprint density at radius 3 is 2.81 bits per heavy atom. The first-order valence-electron chi connectivity index (χ1n) is 5.29. The van der Waals surface area contributed by atoms with Crippen molar-refractivity contribution in [1.82, 2.24) is 0 Å². The number of rotatable bonds is 4. The molecule has 0 aromatic heterocycles. The molecule has 1 aromatic carbocycles. The van der Waals surface area contributed by atoms with Crippen LogP contribution in [-0.4, -0.2) is 19.5 Å². The van der Waals surface area contributed by atoms with E-state index in [-0.39, 0.29) is 5.91 Å². The number of nitrogens with two attached hydrogens (primary N) is 1. The first-order valence-corrected chi connectivity index (χ1v) is 6.08. The third-order valence-corrected chi connectivity index (χ3v) is 2.99. The highest BCUT2D eigenvalue weighted by Crippen LogP contribution is 2.24. The second-order valence-corrected chi connectivity index (χ2v) is 4.69. The van der Waals surface area contributed by atoms with Crippen LogP contribution in [0.15, 0.2) is 22.7 Å². The van der Waals surface area contributed by atoms with Gasteiger partial charge in [0, 0.05) is 23.6 Å². The quantitative estimate of drug-likeness (QED) is 0.923. The van der Waals surface area contributed by atoms with Crippen molar-refractivity contribution in [2.75, 3.05) is 18.5 Å². The molecule has 0 atom stereocenters. The van der Waals surface area contributed by atoms with Crippen molar-refractivity contribution >= 4 is 27.5 Å². The molecule has 3 nitrogen and oxygen atoms in total. The molecule has 0 saturated heterocycles. The number of amides is 1. The van der Waals surface area contributed by atoms with E-state index in [9.17, 15) is 4.79 Å². The monoisotopic (exact) mass is 284 g/mol. The number of hydrogen-bond donors (Lipinski definition) is 1. The Kier molecular flexibility index (Phi) is 4.96. The van der Waals surface area contributed by atoms with Gasteiger partial charge in [-0.1, -0.05) is 22.0 Å². The fourth-order valence-corrected chi connectivity index (χ4v) is 1.85. The second kappa shape index (κ2) is 6.01. The Labute approximate surface area is 105 Å². The molecule has 0 spiro atoms. The maximum absolute atomic E-state index is 11.8. The molecule has 2 N–H and O–H groups in total. The molecule has 0 heterocycles. The number of halogens is 1. The summed E-state index contributed by atoms with van der Waals surface area (Å²) in [6.45, 7) is 2.55. The van der Waals surface area contributed by atoms with Crippen LogP contribution in [0, 0.1) is 6.92 Å². The number of benzene rings is 1. The summed E-state index contributed by atoms with van der Waals surface area (Å²) in [6.07, 6.45) is 1.23. The maximum Gasteiger partial charge on any atom is 0.226 e. The predicted molar refractivity (Wildman–Crippen MR) is 70.6 cm³/mol. The number of carbonyl (C=O) groups excluding carboxylic acids is 1. The predicted octanol–water partition coefficient (Wildman–Crippen LogP) is 2.46. The van der Waals surface area contributed by atoms with Gasteiger partial charge in [0.25, 0.3) is 0 Å². The van der Waals surface area contributed by atoms with Gasteiger partial charge < -0.3 is 10.6 Å². The number of carbonyl (C=O) groups is 1. The summed E-state index contributed by atoms with van der Waals surface area (Å²) in [6, 6.07) is 5.92. The molecule has 4 heteroatoms. The van der Waals surface area contributed by atoms with E-state index in [1.54, 1.807) is 11.9 Å². The van der Waals surface area contributed by atoms with Crippen LogP contribution >= 0.6 is 15.9 Å². The topological polar surface area (TPSA) is 46.3 Å². The minimum absolute atomic E-state index is 0.103. The van der Waals surface area contributed by atoms with Crippen molar-refractivity contribution in [1.29, 1.82) is 0 Å². The minimum Gasteiger partial charge on any atom is -0.330 e.